The van der Waals surface area contributed by atoms with Crippen molar-refractivity contribution >= 4 is 81.0 Å². The molecule has 0 saturated carbocycles. The molecule has 0 unspecified atom stereocenters. The van der Waals surface area contributed by atoms with Crippen LogP contribution in [0.5, 0.6) is 0 Å². The van der Waals surface area contributed by atoms with Crippen LogP contribution in [0.1, 0.15) is 12.5 Å². The van der Waals surface area contributed by atoms with Gasteiger partial charge in [0.05, 0.1) is 5.71 Å². The second-order valence-electron chi connectivity index (χ2n) is 9.87. The number of nitrogens with zero attached hydrogens (tertiary/aromatic N) is 4. The first-order valence-electron chi connectivity index (χ1n) is 14.1. The Morgan fingerprint density at radius 2 is 1.09 bits per heavy atom. The van der Waals surface area contributed by atoms with Crippen LogP contribution < -0.4 is 26.5 Å². The van der Waals surface area contributed by atoms with Gasteiger partial charge in [0.25, 0.3) is 0 Å². The number of hydrogen-bond donors (Lipinski definition) is 2. The van der Waals surface area contributed by atoms with Crippen molar-refractivity contribution in [2.24, 2.45) is 20.4 Å². The van der Waals surface area contributed by atoms with Gasteiger partial charge >= 0.3 is 17.1 Å². The molecule has 5 aromatic carbocycles. The molecule has 0 aliphatic rings. The third-order valence-corrected chi connectivity index (χ3v) is 11.9. The largest absolute Gasteiger partial charge is 2.00 e. The number of hydrogen-bond acceptors (Lipinski definition) is 6. The summed E-state index contributed by atoms with van der Waals surface area (Å²) in [6.45, 7) is 1.85. The van der Waals surface area contributed by atoms with Crippen LogP contribution in [0.15, 0.2) is 154 Å². The van der Waals surface area contributed by atoms with Crippen molar-refractivity contribution in [1.82, 2.24) is 10.6 Å². The molecule has 5 aromatic rings. The molecular weight excluding hydrogens is 663 g/mol. The van der Waals surface area contributed by atoms with Gasteiger partial charge in [-0.05, 0) is 59.3 Å². The molecule has 0 atom stereocenters. The second kappa shape index (κ2) is 16.4. The van der Waals surface area contributed by atoms with Gasteiger partial charge < -0.3 is 35.9 Å². The van der Waals surface area contributed by atoms with Crippen molar-refractivity contribution in [3.63, 3.8) is 0 Å². The summed E-state index contributed by atoms with van der Waals surface area (Å²) in [6.07, 6.45) is 0.581. The van der Waals surface area contributed by atoms with Crippen LogP contribution in [0.3, 0.4) is 0 Å². The minimum Gasteiger partial charge on any atom is -0.741 e. The Kier molecular flexibility index (Phi) is 12.3. The second-order valence-corrected chi connectivity index (χ2v) is 14.1. The van der Waals surface area contributed by atoms with Crippen LogP contribution in [0.4, 0.5) is 0 Å². The maximum atomic E-state index is 5.73. The van der Waals surface area contributed by atoms with Gasteiger partial charge in [0.1, 0.15) is 35.2 Å². The van der Waals surface area contributed by atoms with E-state index in [9.17, 15) is 0 Å². The van der Waals surface area contributed by atoms with E-state index in [4.69, 9.17) is 25.3 Å². The first-order valence-corrected chi connectivity index (χ1v) is 16.9. The van der Waals surface area contributed by atoms with E-state index in [0.29, 0.717) is 17.7 Å². The van der Waals surface area contributed by atoms with Crippen molar-refractivity contribution in [3.05, 3.63) is 139 Å². The molecule has 0 bridgehead atoms. The van der Waals surface area contributed by atoms with E-state index in [0.717, 1.165) is 16.3 Å². The molecule has 0 amide bonds. The third kappa shape index (κ3) is 8.01. The van der Waals surface area contributed by atoms with E-state index in [1.807, 2.05) is 55.5 Å². The molecule has 6 nitrogen and oxygen atoms in total. The summed E-state index contributed by atoms with van der Waals surface area (Å²) in [4.78, 5) is 0. The molecule has 1 radical (unpaired) electrons. The molecule has 0 aliphatic heterocycles. The van der Waals surface area contributed by atoms with Crippen molar-refractivity contribution < 1.29 is 17.1 Å². The van der Waals surface area contributed by atoms with E-state index >= 15 is 0 Å². The van der Waals surface area contributed by atoms with E-state index in [1.54, 1.807) is 7.05 Å². The summed E-state index contributed by atoms with van der Waals surface area (Å²) in [7, 11) is -0.431. The van der Waals surface area contributed by atoms with Gasteiger partial charge in [0, 0.05) is 17.8 Å². The summed E-state index contributed by atoms with van der Waals surface area (Å²) < 4.78 is 0. The van der Waals surface area contributed by atoms with Gasteiger partial charge in [-0.2, -0.15) is 15.3 Å². The molecule has 10 heteroatoms. The molecule has 0 fully saturated rings. The topological polar surface area (TPSA) is 73.5 Å². The molecule has 2 N–H and O–H groups in total. The Hall–Kier alpha value is -3.97. The maximum Gasteiger partial charge on any atom is 2.00 e. The van der Waals surface area contributed by atoms with Crippen LogP contribution in [-0.2, 0) is 42.3 Å². The van der Waals surface area contributed by atoms with Gasteiger partial charge in [0.2, 0.25) is 0 Å². The van der Waals surface area contributed by atoms with Crippen molar-refractivity contribution in [3.8, 4) is 0 Å². The van der Waals surface area contributed by atoms with E-state index in [-0.39, 0.29) is 27.4 Å². The Morgan fingerprint density at radius 3 is 1.64 bits per heavy atom. The third-order valence-electron chi connectivity index (χ3n) is 7.19. The summed E-state index contributed by atoms with van der Waals surface area (Å²) in [5.41, 5.74) is 2.00. The maximum absolute atomic E-state index is 5.73. The monoisotopic (exact) mass is 694 g/mol. The Morgan fingerprint density at radius 1 is 0.600 bits per heavy atom. The van der Waals surface area contributed by atoms with E-state index < -0.39 is 7.26 Å². The minimum absolute atomic E-state index is 0. The van der Waals surface area contributed by atoms with Crippen LogP contribution in [0, 0.1) is 0 Å². The molecule has 0 aliphatic carbocycles. The number of benzene rings is 5. The summed E-state index contributed by atoms with van der Waals surface area (Å²) >= 11 is 11.0. The van der Waals surface area contributed by atoms with E-state index in [2.05, 4.69) is 116 Å². The van der Waals surface area contributed by atoms with Crippen molar-refractivity contribution in [2.75, 3.05) is 13.3 Å². The quantitative estimate of drug-likeness (QED) is 0.0536. The summed E-state index contributed by atoms with van der Waals surface area (Å²) in [5.74, 6) is 0. The van der Waals surface area contributed by atoms with Gasteiger partial charge in [-0.15, -0.1) is 5.10 Å². The molecule has 45 heavy (non-hydrogen) atoms. The predicted octanol–water partition coefficient (Wildman–Crippen LogP) is 5.48. The zero-order chi connectivity index (χ0) is 30.8. The first kappa shape index (κ1) is 33.9. The van der Waals surface area contributed by atoms with Crippen LogP contribution in [-0.4, -0.2) is 35.1 Å². The number of amidine groups is 2. The zero-order valence-corrected chi connectivity index (χ0v) is 28.2. The number of nitrogens with one attached hydrogen (secondary N) is 2. The SMILES string of the molecule is CN/C([S-])=N/N=C(/C(C)=N/N=C(\[S-])NC[P+](c1ccccc1)(c1ccccc1)c1ccccc1)c1cccc2ccccc12.[Cu+2]. The predicted molar refractivity (Wildman–Crippen MR) is 195 cm³/mol. The fraction of sp³-hybridized carbons (Fsp3) is 0.0857. The molecule has 0 saturated heterocycles. The summed E-state index contributed by atoms with van der Waals surface area (Å²) in [6, 6.07) is 46.0. The molecule has 5 rings (SSSR count). The molecule has 0 heterocycles. The minimum atomic E-state index is -2.14. The van der Waals surface area contributed by atoms with Gasteiger partial charge in [-0.1, -0.05) is 97.1 Å². The fourth-order valence-electron chi connectivity index (χ4n) is 5.06. The number of rotatable bonds is 9. The molecule has 229 valence electrons. The normalized spacial score (nSPS) is 12.8. The standard InChI is InChI=1S/C35H33N6PS2.Cu/c1-26(33(39-40-34(43)36-2)32-24-14-16-27-15-12-13-23-31(27)32)38-41-35(44)37-25-42(28-17-6-3-7-18-28,29-19-8-4-9-20-29)30-21-10-5-11-22-30;/h3-24H,25H2,1-2H3,(H3-,36,37,38,39,40,41,43,44);/q;+2/p-1. The zero-order valence-electron chi connectivity index (χ0n) is 24.8. The molecule has 0 spiro atoms. The van der Waals surface area contributed by atoms with Gasteiger partial charge in [0.15, 0.2) is 0 Å². The molecule has 0 aromatic heterocycles. The average Bonchev–Trinajstić information content (AvgIpc) is 3.09. The Balaban J connectivity index is 0.00000461. The Bertz CT molecular complexity index is 1730. The van der Waals surface area contributed by atoms with Crippen LogP contribution in [0.2, 0.25) is 0 Å². The Labute approximate surface area is 286 Å². The van der Waals surface area contributed by atoms with Gasteiger partial charge in [-0.3, -0.25) is 0 Å². The first-order chi connectivity index (χ1) is 21.5. The summed E-state index contributed by atoms with van der Waals surface area (Å²) in [5, 5.41) is 30.3. The van der Waals surface area contributed by atoms with E-state index in [1.165, 1.54) is 15.9 Å². The molecular formula is C35H32CuN6PS2+. The average molecular weight is 695 g/mol. The van der Waals surface area contributed by atoms with Crippen LogP contribution >= 0.6 is 7.26 Å². The smallest absolute Gasteiger partial charge is 0.741 e. The van der Waals surface area contributed by atoms with Crippen LogP contribution in [0.25, 0.3) is 10.8 Å². The number of fused-ring (bicyclic) bond motifs is 1. The van der Waals surface area contributed by atoms with Gasteiger partial charge in [-0.25, -0.2) is 0 Å². The van der Waals surface area contributed by atoms with Crippen molar-refractivity contribution in [2.45, 2.75) is 6.92 Å². The fourth-order valence-corrected chi connectivity index (χ4v) is 9.19. The van der Waals surface area contributed by atoms with Crippen molar-refractivity contribution in [1.29, 1.82) is 0 Å².